The quantitative estimate of drug-likeness (QED) is 0.698. The summed E-state index contributed by atoms with van der Waals surface area (Å²) in [5.41, 5.74) is 2.26. The van der Waals surface area contributed by atoms with Gasteiger partial charge in [0.25, 0.3) is 10.0 Å². The van der Waals surface area contributed by atoms with Gasteiger partial charge in [0.1, 0.15) is 0 Å². The number of hydrogen-bond acceptors (Lipinski definition) is 5. The second-order valence-corrected chi connectivity index (χ2v) is 7.04. The Balaban J connectivity index is 1.74. The summed E-state index contributed by atoms with van der Waals surface area (Å²) in [6, 6.07) is 7.93. The minimum absolute atomic E-state index is 0.120. The van der Waals surface area contributed by atoms with E-state index in [1.165, 1.54) is 12.1 Å². The Morgan fingerprint density at radius 2 is 1.77 bits per heavy atom. The summed E-state index contributed by atoms with van der Waals surface area (Å²) in [4.78, 5) is 18.4. The van der Waals surface area contributed by atoms with Crippen molar-refractivity contribution in [1.82, 2.24) is 20.1 Å². The Hall–Kier alpha value is -1.48. The largest absolute Gasteiger partial charge is 0.304 e. The second kappa shape index (κ2) is 7.68. The van der Waals surface area contributed by atoms with Crippen LogP contribution in [0.5, 0.6) is 0 Å². The first kappa shape index (κ1) is 16.9. The molecule has 0 unspecified atom stereocenters. The topological polar surface area (TPSA) is 81.8 Å². The van der Waals surface area contributed by atoms with Crippen LogP contribution in [0, 0.1) is 0 Å². The molecular weight excluding hydrogens is 304 g/mol. The number of hydrazine groups is 1. The number of amides is 1. The van der Waals surface area contributed by atoms with Crippen molar-refractivity contribution in [2.75, 3.05) is 39.8 Å². The summed E-state index contributed by atoms with van der Waals surface area (Å²) < 4.78 is 23.9. The monoisotopic (exact) mass is 326 g/mol. The molecule has 8 heteroatoms. The zero-order valence-corrected chi connectivity index (χ0v) is 13.5. The van der Waals surface area contributed by atoms with Gasteiger partial charge < -0.3 is 9.80 Å². The van der Waals surface area contributed by atoms with Crippen LogP contribution in [0.2, 0.25) is 0 Å². The number of nitrogens with zero attached hydrogens (tertiary/aromatic N) is 2. The van der Waals surface area contributed by atoms with E-state index in [9.17, 15) is 13.2 Å². The number of sulfonamides is 1. The van der Waals surface area contributed by atoms with Gasteiger partial charge in [0.15, 0.2) is 0 Å². The van der Waals surface area contributed by atoms with Crippen LogP contribution in [0.15, 0.2) is 35.2 Å². The smallest absolute Gasteiger partial charge is 0.257 e. The lowest BCUT2D eigenvalue weighted by atomic mass is 10.3. The Labute approximate surface area is 131 Å². The van der Waals surface area contributed by atoms with Crippen molar-refractivity contribution in [3.63, 3.8) is 0 Å². The lowest BCUT2D eigenvalue weighted by Crippen LogP contribution is -2.46. The third kappa shape index (κ3) is 5.06. The molecule has 1 saturated heterocycles. The van der Waals surface area contributed by atoms with E-state index in [0.29, 0.717) is 6.54 Å². The molecule has 122 valence electrons. The normalized spacial score (nSPS) is 17.3. The highest BCUT2D eigenvalue weighted by Gasteiger charge is 2.16. The molecular formula is C14H22N4O3S. The molecule has 22 heavy (non-hydrogen) atoms. The molecule has 2 N–H and O–H groups in total. The SMILES string of the molecule is CN1CCN(CCC(=O)NNS(=O)(=O)c2ccccc2)CC1. The molecule has 1 aromatic rings. The van der Waals surface area contributed by atoms with Crippen molar-refractivity contribution in [2.45, 2.75) is 11.3 Å². The minimum Gasteiger partial charge on any atom is -0.304 e. The predicted octanol–water partition coefficient (Wildman–Crippen LogP) is -0.366. The highest BCUT2D eigenvalue weighted by Crippen LogP contribution is 2.06. The first-order chi connectivity index (χ1) is 10.5. The van der Waals surface area contributed by atoms with Crippen LogP contribution in [0.25, 0.3) is 0 Å². The van der Waals surface area contributed by atoms with Gasteiger partial charge >= 0.3 is 0 Å². The predicted molar refractivity (Wildman–Crippen MR) is 83.5 cm³/mol. The summed E-state index contributed by atoms with van der Waals surface area (Å²) in [5.74, 6) is -0.335. The van der Waals surface area contributed by atoms with Crippen LogP contribution < -0.4 is 10.3 Å². The molecule has 0 saturated carbocycles. The zero-order valence-electron chi connectivity index (χ0n) is 12.7. The van der Waals surface area contributed by atoms with Gasteiger partial charge in [-0.1, -0.05) is 18.2 Å². The summed E-state index contributed by atoms with van der Waals surface area (Å²) >= 11 is 0. The Bertz CT molecular complexity index is 583. The number of benzene rings is 1. The first-order valence-corrected chi connectivity index (χ1v) is 8.72. The van der Waals surface area contributed by atoms with E-state index in [0.717, 1.165) is 26.2 Å². The summed E-state index contributed by atoms with van der Waals surface area (Å²) in [7, 11) is -1.64. The third-order valence-electron chi connectivity index (χ3n) is 3.63. The van der Waals surface area contributed by atoms with Crippen molar-refractivity contribution >= 4 is 15.9 Å². The maximum atomic E-state index is 11.9. The van der Waals surface area contributed by atoms with Crippen molar-refractivity contribution < 1.29 is 13.2 Å². The number of piperazine rings is 1. The van der Waals surface area contributed by atoms with Gasteiger partial charge in [-0.2, -0.15) is 0 Å². The second-order valence-electron chi connectivity index (χ2n) is 5.36. The van der Waals surface area contributed by atoms with E-state index >= 15 is 0 Å². The first-order valence-electron chi connectivity index (χ1n) is 7.24. The van der Waals surface area contributed by atoms with Gasteiger partial charge in [-0.3, -0.25) is 10.2 Å². The molecule has 1 aliphatic heterocycles. The van der Waals surface area contributed by atoms with Crippen molar-refractivity contribution in [3.8, 4) is 0 Å². The number of likely N-dealkylation sites (N-methyl/N-ethyl adjacent to an activating group) is 1. The van der Waals surface area contributed by atoms with Crippen molar-refractivity contribution in [3.05, 3.63) is 30.3 Å². The lowest BCUT2D eigenvalue weighted by molar-refractivity contribution is -0.122. The van der Waals surface area contributed by atoms with E-state index < -0.39 is 10.0 Å². The van der Waals surface area contributed by atoms with Crippen molar-refractivity contribution in [2.24, 2.45) is 0 Å². The lowest BCUT2D eigenvalue weighted by Gasteiger charge is -2.32. The average molecular weight is 326 g/mol. The molecule has 1 heterocycles. The number of rotatable bonds is 6. The average Bonchev–Trinajstić information content (AvgIpc) is 2.53. The molecule has 0 aromatic heterocycles. The van der Waals surface area contributed by atoms with E-state index in [1.54, 1.807) is 18.2 Å². The summed E-state index contributed by atoms with van der Waals surface area (Å²) in [6.45, 7) is 4.47. The molecule has 1 fully saturated rings. The van der Waals surface area contributed by atoms with Gasteiger partial charge in [0, 0.05) is 39.1 Å². The highest BCUT2D eigenvalue weighted by atomic mass is 32.2. The third-order valence-corrected chi connectivity index (χ3v) is 4.89. The Morgan fingerprint density at radius 3 is 2.41 bits per heavy atom. The maximum Gasteiger partial charge on any atom is 0.257 e. The number of carbonyl (C=O) groups is 1. The molecule has 0 aliphatic carbocycles. The van der Waals surface area contributed by atoms with Gasteiger partial charge in [-0.05, 0) is 19.2 Å². The molecule has 1 aliphatic rings. The maximum absolute atomic E-state index is 11.9. The molecule has 0 radical (unpaired) electrons. The number of carbonyl (C=O) groups excluding carboxylic acids is 1. The molecule has 2 rings (SSSR count). The minimum atomic E-state index is -3.71. The fraction of sp³-hybridized carbons (Fsp3) is 0.500. The fourth-order valence-electron chi connectivity index (χ4n) is 2.18. The molecule has 7 nitrogen and oxygen atoms in total. The van der Waals surface area contributed by atoms with E-state index in [4.69, 9.17) is 0 Å². The Kier molecular flexibility index (Phi) is 5.90. The van der Waals surface area contributed by atoms with Crippen molar-refractivity contribution in [1.29, 1.82) is 0 Å². The van der Waals surface area contributed by atoms with Crippen LogP contribution in [0.1, 0.15) is 6.42 Å². The highest BCUT2D eigenvalue weighted by molar-refractivity contribution is 7.89. The fourth-order valence-corrected chi connectivity index (χ4v) is 3.06. The van der Waals surface area contributed by atoms with Gasteiger partial charge in [-0.15, -0.1) is 4.83 Å². The Morgan fingerprint density at radius 1 is 1.14 bits per heavy atom. The standard InChI is InChI=1S/C14H22N4O3S/c1-17-9-11-18(12-10-17)8-7-14(19)15-16-22(20,21)13-5-3-2-4-6-13/h2-6,16H,7-12H2,1H3,(H,15,19). The molecule has 1 amide bonds. The van der Waals surface area contributed by atoms with Crippen LogP contribution in [0.3, 0.4) is 0 Å². The van der Waals surface area contributed by atoms with Crippen LogP contribution in [0.4, 0.5) is 0 Å². The summed E-state index contributed by atoms with van der Waals surface area (Å²) in [5, 5.41) is 0. The van der Waals surface area contributed by atoms with Gasteiger partial charge in [0.05, 0.1) is 4.90 Å². The number of hydrogen-bond donors (Lipinski definition) is 2. The van der Waals surface area contributed by atoms with E-state index in [2.05, 4.69) is 27.1 Å². The zero-order chi connectivity index (χ0) is 16.0. The number of nitrogens with one attached hydrogen (secondary N) is 2. The van der Waals surface area contributed by atoms with E-state index in [-0.39, 0.29) is 17.2 Å². The van der Waals surface area contributed by atoms with Gasteiger partial charge in [-0.25, -0.2) is 8.42 Å². The van der Waals surface area contributed by atoms with E-state index in [1.807, 2.05) is 0 Å². The molecule has 0 spiro atoms. The molecule has 0 atom stereocenters. The molecule has 1 aromatic carbocycles. The van der Waals surface area contributed by atoms with Crippen LogP contribution in [-0.2, 0) is 14.8 Å². The summed E-state index contributed by atoms with van der Waals surface area (Å²) in [6.07, 6.45) is 0.265. The molecule has 0 bridgehead atoms. The van der Waals surface area contributed by atoms with Crippen LogP contribution in [-0.4, -0.2) is 63.9 Å². The van der Waals surface area contributed by atoms with Crippen LogP contribution >= 0.6 is 0 Å². The van der Waals surface area contributed by atoms with Gasteiger partial charge in [0.2, 0.25) is 5.91 Å².